The van der Waals surface area contributed by atoms with Crippen LogP contribution in [0.15, 0.2) is 64.6 Å². The first kappa shape index (κ1) is 20.5. The number of carbonyl (C=O) groups is 2. The van der Waals surface area contributed by atoms with Crippen molar-refractivity contribution in [2.24, 2.45) is 0 Å². The van der Waals surface area contributed by atoms with Gasteiger partial charge in [-0.15, -0.1) is 0 Å². The first-order valence-electron chi connectivity index (χ1n) is 9.91. The number of hydrogen-bond donors (Lipinski definition) is 1. The van der Waals surface area contributed by atoms with Gasteiger partial charge in [-0.2, -0.15) is 0 Å². The zero-order chi connectivity index (χ0) is 22.3. The Hall–Kier alpha value is -3.80. The fraction of sp³-hybridized carbons (Fsp3) is 0.200. The van der Waals surface area contributed by atoms with Gasteiger partial charge in [0.05, 0.1) is 12.7 Å². The van der Waals surface area contributed by atoms with E-state index in [9.17, 15) is 14.7 Å². The van der Waals surface area contributed by atoms with Gasteiger partial charge in [-0.25, -0.2) is 0 Å². The van der Waals surface area contributed by atoms with Crippen molar-refractivity contribution in [2.45, 2.75) is 26.8 Å². The molecule has 158 valence electrons. The average molecular weight is 417 g/mol. The smallest absolute Gasteiger partial charge is 0.300 e. The maximum atomic E-state index is 13.1. The topological polar surface area (TPSA) is 80.0 Å². The second-order valence-electron chi connectivity index (χ2n) is 7.61. The van der Waals surface area contributed by atoms with Crippen molar-refractivity contribution >= 4 is 23.1 Å². The molecule has 6 nitrogen and oxygen atoms in total. The third-order valence-corrected chi connectivity index (χ3v) is 5.61. The van der Waals surface area contributed by atoms with Crippen molar-refractivity contribution in [2.75, 3.05) is 12.0 Å². The fourth-order valence-corrected chi connectivity index (χ4v) is 3.76. The van der Waals surface area contributed by atoms with E-state index in [0.29, 0.717) is 28.5 Å². The van der Waals surface area contributed by atoms with Gasteiger partial charge in [0.25, 0.3) is 11.7 Å². The molecule has 1 atom stereocenters. The van der Waals surface area contributed by atoms with Crippen LogP contribution in [0.25, 0.3) is 5.76 Å². The number of aryl methyl sites for hydroxylation is 3. The second-order valence-corrected chi connectivity index (χ2v) is 7.61. The normalized spacial score (nSPS) is 17.9. The molecule has 1 unspecified atom stereocenters. The molecule has 1 aliphatic rings. The summed E-state index contributed by atoms with van der Waals surface area (Å²) in [6.07, 6.45) is 0. The van der Waals surface area contributed by atoms with Crippen molar-refractivity contribution in [3.05, 3.63) is 88.4 Å². The van der Waals surface area contributed by atoms with Crippen molar-refractivity contribution in [1.82, 2.24) is 0 Å². The molecule has 0 saturated carbocycles. The summed E-state index contributed by atoms with van der Waals surface area (Å²) in [6.45, 7) is 5.68. The minimum Gasteiger partial charge on any atom is -0.507 e. The Morgan fingerprint density at radius 1 is 0.968 bits per heavy atom. The van der Waals surface area contributed by atoms with Crippen molar-refractivity contribution in [3.8, 4) is 5.75 Å². The summed E-state index contributed by atoms with van der Waals surface area (Å²) in [6, 6.07) is 14.8. The Morgan fingerprint density at radius 3 is 2.26 bits per heavy atom. The summed E-state index contributed by atoms with van der Waals surface area (Å²) in [5, 5.41) is 11.1. The first-order valence-corrected chi connectivity index (χ1v) is 9.91. The van der Waals surface area contributed by atoms with Crippen LogP contribution in [0.1, 0.15) is 34.3 Å². The van der Waals surface area contributed by atoms with E-state index in [1.54, 1.807) is 62.6 Å². The zero-order valence-corrected chi connectivity index (χ0v) is 17.8. The molecule has 0 radical (unpaired) electrons. The Kier molecular flexibility index (Phi) is 5.15. The highest BCUT2D eigenvalue weighted by Gasteiger charge is 2.48. The van der Waals surface area contributed by atoms with Gasteiger partial charge in [0, 0.05) is 11.3 Å². The lowest BCUT2D eigenvalue weighted by molar-refractivity contribution is -0.132. The maximum absolute atomic E-state index is 13.1. The number of methoxy groups -OCH3 is 1. The monoisotopic (exact) mass is 417 g/mol. The first-order chi connectivity index (χ1) is 14.8. The minimum absolute atomic E-state index is 0.00146. The van der Waals surface area contributed by atoms with E-state index in [0.717, 1.165) is 11.1 Å². The molecular formula is C25H23NO5. The Labute approximate surface area is 180 Å². The zero-order valence-electron chi connectivity index (χ0n) is 17.8. The van der Waals surface area contributed by atoms with Gasteiger partial charge >= 0.3 is 0 Å². The number of rotatable bonds is 4. The molecule has 4 rings (SSSR count). The van der Waals surface area contributed by atoms with Crippen molar-refractivity contribution < 1.29 is 23.8 Å². The lowest BCUT2D eigenvalue weighted by Crippen LogP contribution is -2.29. The van der Waals surface area contributed by atoms with Gasteiger partial charge in [-0.1, -0.05) is 12.1 Å². The van der Waals surface area contributed by atoms with Crippen LogP contribution in [-0.4, -0.2) is 23.9 Å². The van der Waals surface area contributed by atoms with Gasteiger partial charge in [-0.3, -0.25) is 14.5 Å². The SMILES string of the molecule is COc1ccc(N2C(=O)C(=O)/C(=C(\O)c3ccc(C)c(C)c3)C2c2ccc(C)o2)cc1. The van der Waals surface area contributed by atoms with Crippen LogP contribution in [0.3, 0.4) is 0 Å². The molecule has 1 fully saturated rings. The van der Waals surface area contributed by atoms with Gasteiger partial charge in [-0.05, 0) is 74.4 Å². The van der Waals surface area contributed by atoms with E-state index in [4.69, 9.17) is 9.15 Å². The highest BCUT2D eigenvalue weighted by atomic mass is 16.5. The molecule has 1 saturated heterocycles. The summed E-state index contributed by atoms with van der Waals surface area (Å²) in [7, 11) is 1.55. The molecule has 2 aromatic carbocycles. The van der Waals surface area contributed by atoms with Crippen LogP contribution >= 0.6 is 0 Å². The molecule has 0 aliphatic carbocycles. The number of benzene rings is 2. The van der Waals surface area contributed by atoms with Gasteiger partial charge in [0.1, 0.15) is 29.1 Å². The Bertz CT molecular complexity index is 1200. The number of aliphatic hydroxyl groups excluding tert-OH is 1. The number of anilines is 1. The highest BCUT2D eigenvalue weighted by molar-refractivity contribution is 6.51. The number of aliphatic hydroxyl groups is 1. The third-order valence-electron chi connectivity index (χ3n) is 5.61. The van der Waals surface area contributed by atoms with Crippen LogP contribution in [0, 0.1) is 20.8 Å². The molecule has 2 heterocycles. The molecule has 1 amide bonds. The molecule has 1 aromatic heterocycles. The Balaban J connectivity index is 1.91. The molecule has 1 N–H and O–H groups in total. The number of ether oxygens (including phenoxy) is 1. The van der Waals surface area contributed by atoms with Crippen LogP contribution in [0.4, 0.5) is 5.69 Å². The average Bonchev–Trinajstić information content (AvgIpc) is 3.30. The summed E-state index contributed by atoms with van der Waals surface area (Å²) in [4.78, 5) is 27.5. The van der Waals surface area contributed by atoms with E-state index in [-0.39, 0.29) is 11.3 Å². The molecule has 0 bridgehead atoms. The number of furan rings is 1. The van der Waals surface area contributed by atoms with E-state index in [1.165, 1.54) is 4.90 Å². The number of hydrogen-bond acceptors (Lipinski definition) is 5. The lowest BCUT2D eigenvalue weighted by Gasteiger charge is -2.23. The second kappa shape index (κ2) is 7.80. The van der Waals surface area contributed by atoms with Gasteiger partial charge in [0.2, 0.25) is 0 Å². The van der Waals surface area contributed by atoms with E-state index in [2.05, 4.69) is 0 Å². The molecule has 1 aliphatic heterocycles. The Morgan fingerprint density at radius 2 is 1.68 bits per heavy atom. The van der Waals surface area contributed by atoms with E-state index in [1.807, 2.05) is 19.9 Å². The van der Waals surface area contributed by atoms with Crippen LogP contribution in [0.5, 0.6) is 5.75 Å². The minimum atomic E-state index is -0.885. The van der Waals surface area contributed by atoms with Crippen molar-refractivity contribution in [1.29, 1.82) is 0 Å². The largest absolute Gasteiger partial charge is 0.507 e. The summed E-state index contributed by atoms with van der Waals surface area (Å²) in [5.74, 6) is -0.0445. The van der Waals surface area contributed by atoms with Crippen LogP contribution in [-0.2, 0) is 9.59 Å². The quantitative estimate of drug-likeness (QED) is 0.373. The van der Waals surface area contributed by atoms with E-state index < -0.39 is 17.7 Å². The number of Topliss-reactive ketones (excluding diaryl/α,β-unsaturated/α-hetero) is 1. The fourth-order valence-electron chi connectivity index (χ4n) is 3.76. The summed E-state index contributed by atoms with van der Waals surface area (Å²) in [5.41, 5.74) is 3.01. The number of amides is 1. The number of nitrogens with zero attached hydrogens (tertiary/aromatic N) is 1. The predicted octanol–water partition coefficient (Wildman–Crippen LogP) is 4.84. The van der Waals surface area contributed by atoms with Crippen molar-refractivity contribution in [3.63, 3.8) is 0 Å². The molecule has 31 heavy (non-hydrogen) atoms. The van der Waals surface area contributed by atoms with Gasteiger partial charge in [0.15, 0.2) is 0 Å². The predicted molar refractivity (Wildman–Crippen MR) is 117 cm³/mol. The van der Waals surface area contributed by atoms with E-state index >= 15 is 0 Å². The summed E-state index contributed by atoms with van der Waals surface area (Å²) < 4.78 is 11.0. The van der Waals surface area contributed by atoms with Crippen LogP contribution in [0.2, 0.25) is 0 Å². The molecule has 6 heteroatoms. The number of carbonyl (C=O) groups excluding carboxylic acids is 2. The number of ketones is 1. The highest BCUT2D eigenvalue weighted by Crippen LogP contribution is 2.43. The third kappa shape index (κ3) is 3.50. The van der Waals surface area contributed by atoms with Crippen LogP contribution < -0.4 is 9.64 Å². The molecule has 3 aromatic rings. The molecule has 0 spiro atoms. The lowest BCUT2D eigenvalue weighted by atomic mass is 9.97. The molecular weight excluding hydrogens is 394 g/mol. The maximum Gasteiger partial charge on any atom is 0.300 e. The standard InChI is InChI=1S/C25H23NO5/c1-14-5-7-17(13-15(14)2)23(27)21-22(20-12-6-16(3)31-20)26(25(29)24(21)28)18-8-10-19(30-4)11-9-18/h5-13,22,27H,1-4H3/b23-21-. The van der Waals surface area contributed by atoms with Gasteiger partial charge < -0.3 is 14.3 Å². The summed E-state index contributed by atoms with van der Waals surface area (Å²) >= 11 is 0.